The molecule has 25 heavy (non-hydrogen) atoms. The van der Waals surface area contributed by atoms with E-state index in [1.54, 1.807) is 23.3 Å². The summed E-state index contributed by atoms with van der Waals surface area (Å²) in [4.78, 5) is 22.2. The first-order valence-electron chi connectivity index (χ1n) is 8.93. The highest BCUT2D eigenvalue weighted by Crippen LogP contribution is 2.35. The standard InChI is InChI=1S/C20H25N4O/c1-3-8-18-19(9-4-2)24(16-22-18,14-17-10-6-5-7-11-17)20(25)23-13-12-21-15-23/h5-7,10-13,15-16H,3-4,8-9,14H2,1-2H3/q+1. The molecule has 2 aromatic rings. The Morgan fingerprint density at radius 3 is 2.52 bits per heavy atom. The number of amides is 1. The summed E-state index contributed by atoms with van der Waals surface area (Å²) in [6.45, 7) is 4.87. The highest BCUT2D eigenvalue weighted by molar-refractivity contribution is 5.81. The first-order valence-corrected chi connectivity index (χ1v) is 8.93. The Bertz CT molecular complexity index is 777. The molecule has 0 aliphatic carbocycles. The number of carbonyl (C=O) groups is 1. The van der Waals surface area contributed by atoms with Gasteiger partial charge in [0.05, 0.1) is 0 Å². The molecule has 1 amide bonds. The largest absolute Gasteiger partial charge is 0.439 e. The van der Waals surface area contributed by atoms with Crippen LogP contribution in [0.1, 0.15) is 45.1 Å². The van der Waals surface area contributed by atoms with Gasteiger partial charge in [-0.2, -0.15) is 4.48 Å². The van der Waals surface area contributed by atoms with Crippen LogP contribution in [0.4, 0.5) is 4.79 Å². The quantitative estimate of drug-likeness (QED) is 0.716. The molecule has 1 aromatic heterocycles. The number of aliphatic imine (C=N–C) groups is 1. The van der Waals surface area contributed by atoms with E-state index in [-0.39, 0.29) is 10.5 Å². The maximum atomic E-state index is 13.4. The molecule has 2 heterocycles. The second-order valence-corrected chi connectivity index (χ2v) is 6.40. The molecule has 0 fully saturated rings. The summed E-state index contributed by atoms with van der Waals surface area (Å²) in [6, 6.07) is 10.1. The first kappa shape index (κ1) is 17.3. The van der Waals surface area contributed by atoms with Crippen LogP contribution in [0.3, 0.4) is 0 Å². The van der Waals surface area contributed by atoms with E-state index in [0.717, 1.165) is 42.6 Å². The van der Waals surface area contributed by atoms with E-state index in [9.17, 15) is 4.79 Å². The SMILES string of the molecule is CCCC1=C(CCC)[N+](Cc2ccccc2)(C(=O)n2ccnc2)C=N1. The lowest BCUT2D eigenvalue weighted by atomic mass is 10.1. The molecule has 0 bridgehead atoms. The van der Waals surface area contributed by atoms with Gasteiger partial charge in [0.15, 0.2) is 0 Å². The van der Waals surface area contributed by atoms with Crippen molar-refractivity contribution in [1.29, 1.82) is 0 Å². The fraction of sp³-hybridized carbons (Fsp3) is 0.350. The number of hydrogen-bond donors (Lipinski definition) is 0. The Hall–Kier alpha value is -2.53. The van der Waals surface area contributed by atoms with Crippen molar-refractivity contribution in [2.75, 3.05) is 0 Å². The molecular weight excluding hydrogens is 312 g/mol. The molecule has 1 atom stereocenters. The number of quaternary nitrogens is 1. The van der Waals surface area contributed by atoms with E-state index in [1.165, 1.54) is 0 Å². The molecule has 5 nitrogen and oxygen atoms in total. The predicted molar refractivity (Wildman–Crippen MR) is 98.8 cm³/mol. The van der Waals surface area contributed by atoms with Crippen molar-refractivity contribution in [2.24, 2.45) is 4.99 Å². The summed E-state index contributed by atoms with van der Waals surface area (Å²) in [5, 5.41) is 0. The van der Waals surface area contributed by atoms with E-state index in [0.29, 0.717) is 6.54 Å². The minimum absolute atomic E-state index is 0.0281. The van der Waals surface area contributed by atoms with Crippen molar-refractivity contribution in [3.8, 4) is 0 Å². The van der Waals surface area contributed by atoms with Crippen LogP contribution in [-0.4, -0.2) is 26.4 Å². The smallest absolute Gasteiger partial charge is 0.245 e. The molecular formula is C20H25N4O+. The normalized spacial score (nSPS) is 19.6. The van der Waals surface area contributed by atoms with E-state index >= 15 is 0 Å². The van der Waals surface area contributed by atoms with Gasteiger partial charge in [0.1, 0.15) is 24.3 Å². The maximum absolute atomic E-state index is 13.4. The van der Waals surface area contributed by atoms with Gasteiger partial charge >= 0.3 is 6.03 Å². The van der Waals surface area contributed by atoms with E-state index in [4.69, 9.17) is 0 Å². The van der Waals surface area contributed by atoms with Crippen LogP contribution in [0.15, 0.2) is 65.4 Å². The third-order valence-electron chi connectivity index (χ3n) is 4.54. The fourth-order valence-electron chi connectivity index (χ4n) is 3.39. The molecule has 0 N–H and O–H groups in total. The van der Waals surface area contributed by atoms with Crippen molar-refractivity contribution in [1.82, 2.24) is 9.55 Å². The van der Waals surface area contributed by atoms with Crippen molar-refractivity contribution in [3.05, 3.63) is 66.0 Å². The summed E-state index contributed by atoms with van der Waals surface area (Å²) < 4.78 is 1.70. The summed E-state index contributed by atoms with van der Waals surface area (Å²) >= 11 is 0. The van der Waals surface area contributed by atoms with Crippen molar-refractivity contribution < 1.29 is 9.28 Å². The Morgan fingerprint density at radius 2 is 1.88 bits per heavy atom. The van der Waals surface area contributed by atoms with Crippen molar-refractivity contribution in [2.45, 2.75) is 46.1 Å². The maximum Gasteiger partial charge on any atom is 0.439 e. The summed E-state index contributed by atoms with van der Waals surface area (Å²) in [6.07, 6.45) is 10.5. The first-order chi connectivity index (χ1) is 12.2. The molecule has 0 saturated carbocycles. The van der Waals surface area contributed by atoms with Crippen LogP contribution in [0, 0.1) is 0 Å². The highest BCUT2D eigenvalue weighted by atomic mass is 16.2. The van der Waals surface area contributed by atoms with Gasteiger partial charge in [0.25, 0.3) is 0 Å². The second kappa shape index (κ2) is 7.57. The van der Waals surface area contributed by atoms with Crippen LogP contribution in [-0.2, 0) is 6.54 Å². The third-order valence-corrected chi connectivity index (χ3v) is 4.54. The topological polar surface area (TPSA) is 47.2 Å². The predicted octanol–water partition coefficient (Wildman–Crippen LogP) is 4.72. The lowest BCUT2D eigenvalue weighted by Gasteiger charge is -2.30. The lowest BCUT2D eigenvalue weighted by Crippen LogP contribution is -2.50. The zero-order valence-electron chi connectivity index (χ0n) is 14.9. The van der Waals surface area contributed by atoms with Crippen LogP contribution < -0.4 is 0 Å². The van der Waals surface area contributed by atoms with E-state index in [2.05, 4.69) is 36.0 Å². The zero-order chi connectivity index (χ0) is 17.7. The lowest BCUT2D eigenvalue weighted by molar-refractivity contribution is -0.724. The number of imidazole rings is 1. The van der Waals surface area contributed by atoms with Crippen molar-refractivity contribution in [3.63, 3.8) is 0 Å². The Labute approximate surface area is 148 Å². The number of aromatic nitrogens is 2. The van der Waals surface area contributed by atoms with Gasteiger partial charge in [-0.3, -0.25) is 0 Å². The molecule has 1 aliphatic heterocycles. The third kappa shape index (κ3) is 3.33. The van der Waals surface area contributed by atoms with Crippen molar-refractivity contribution >= 4 is 12.4 Å². The molecule has 1 aromatic carbocycles. The molecule has 0 spiro atoms. The second-order valence-electron chi connectivity index (χ2n) is 6.40. The van der Waals surface area contributed by atoms with Gasteiger partial charge in [0.2, 0.25) is 6.34 Å². The van der Waals surface area contributed by atoms with Gasteiger partial charge in [0, 0.05) is 24.4 Å². The molecule has 3 rings (SSSR count). The average molecular weight is 337 g/mol. The van der Waals surface area contributed by atoms with Gasteiger partial charge in [-0.05, 0) is 12.8 Å². The van der Waals surface area contributed by atoms with Gasteiger partial charge < -0.3 is 0 Å². The van der Waals surface area contributed by atoms with E-state index in [1.807, 2.05) is 24.5 Å². The number of carbonyl (C=O) groups excluding carboxylic acids is 1. The number of allylic oxidation sites excluding steroid dienone is 2. The van der Waals surface area contributed by atoms with E-state index < -0.39 is 0 Å². The fourth-order valence-corrected chi connectivity index (χ4v) is 3.39. The summed E-state index contributed by atoms with van der Waals surface area (Å²) in [5.74, 6) is 0. The molecule has 130 valence electrons. The Kier molecular flexibility index (Phi) is 5.24. The Balaban J connectivity index is 2.09. The number of nitrogens with zero attached hydrogens (tertiary/aromatic N) is 4. The van der Waals surface area contributed by atoms with Gasteiger partial charge in [-0.15, -0.1) is 0 Å². The minimum Gasteiger partial charge on any atom is -0.245 e. The van der Waals surface area contributed by atoms with Crippen LogP contribution >= 0.6 is 0 Å². The highest BCUT2D eigenvalue weighted by Gasteiger charge is 2.46. The summed E-state index contributed by atoms with van der Waals surface area (Å²) in [5.41, 5.74) is 3.30. The van der Waals surface area contributed by atoms with Crippen LogP contribution in [0.25, 0.3) is 0 Å². The molecule has 1 aliphatic rings. The summed E-state index contributed by atoms with van der Waals surface area (Å²) in [7, 11) is 0. The molecule has 5 heteroatoms. The minimum atomic E-state index is -0.0281. The number of benzene rings is 1. The van der Waals surface area contributed by atoms with Crippen LogP contribution in [0.5, 0.6) is 0 Å². The number of rotatable bonds is 6. The number of hydrogen-bond acceptors (Lipinski definition) is 3. The zero-order valence-corrected chi connectivity index (χ0v) is 14.9. The van der Waals surface area contributed by atoms with Crippen LogP contribution in [0.2, 0.25) is 0 Å². The monoisotopic (exact) mass is 337 g/mol. The molecule has 1 unspecified atom stereocenters. The molecule has 0 saturated heterocycles. The average Bonchev–Trinajstić information content (AvgIpc) is 3.27. The van der Waals surface area contributed by atoms with Gasteiger partial charge in [-0.25, -0.2) is 19.3 Å². The molecule has 0 radical (unpaired) electrons. The van der Waals surface area contributed by atoms with Gasteiger partial charge in [-0.1, -0.05) is 50.6 Å². The Morgan fingerprint density at radius 1 is 1.12 bits per heavy atom.